The summed E-state index contributed by atoms with van der Waals surface area (Å²) in [7, 11) is 1.55. The van der Waals surface area contributed by atoms with Gasteiger partial charge < -0.3 is 24.6 Å². The monoisotopic (exact) mass is 385 g/mol. The number of carbonyl (C=O) groups is 2. The molecule has 148 valence electrons. The summed E-state index contributed by atoms with van der Waals surface area (Å²) in [4.78, 5) is 27.8. The van der Waals surface area contributed by atoms with Crippen molar-refractivity contribution in [3.8, 4) is 5.75 Å². The number of aromatic nitrogens is 2. The zero-order chi connectivity index (χ0) is 19.9. The molecule has 0 radical (unpaired) electrons. The van der Waals surface area contributed by atoms with E-state index in [2.05, 4.69) is 15.5 Å². The van der Waals surface area contributed by atoms with E-state index in [0.29, 0.717) is 55.7 Å². The van der Waals surface area contributed by atoms with Crippen LogP contribution in [0.15, 0.2) is 36.4 Å². The summed E-state index contributed by atoms with van der Waals surface area (Å²) in [6.07, 6.45) is -0.288. The van der Waals surface area contributed by atoms with E-state index in [4.69, 9.17) is 9.47 Å². The number of amides is 2. The summed E-state index contributed by atoms with van der Waals surface area (Å²) in [5.41, 5.74) is 0.473. The molecule has 3 rings (SSSR count). The third-order valence-corrected chi connectivity index (χ3v) is 4.35. The van der Waals surface area contributed by atoms with Gasteiger partial charge in [0.15, 0.2) is 11.6 Å². The average molecular weight is 385 g/mol. The molecule has 0 aliphatic carbocycles. The highest BCUT2D eigenvalue weighted by Crippen LogP contribution is 2.17. The maximum atomic E-state index is 12.3. The largest absolute Gasteiger partial charge is 0.497 e. The van der Waals surface area contributed by atoms with Gasteiger partial charge in [-0.2, -0.15) is 0 Å². The minimum Gasteiger partial charge on any atom is -0.497 e. The fraction of sp³-hybridized carbons (Fsp3) is 0.368. The summed E-state index contributed by atoms with van der Waals surface area (Å²) in [5.74, 6) is 1.38. The van der Waals surface area contributed by atoms with E-state index in [0.717, 1.165) is 0 Å². The molecule has 2 amide bonds. The molecule has 2 heterocycles. The Morgan fingerprint density at radius 2 is 1.89 bits per heavy atom. The normalized spacial score (nSPS) is 13.8. The molecule has 28 heavy (non-hydrogen) atoms. The maximum absolute atomic E-state index is 12.3. The van der Waals surface area contributed by atoms with E-state index in [1.54, 1.807) is 55.3 Å². The number of piperazine rings is 1. The van der Waals surface area contributed by atoms with Crippen LogP contribution in [0.4, 0.5) is 16.4 Å². The molecule has 2 aromatic rings. The minimum atomic E-state index is -0.288. The van der Waals surface area contributed by atoms with Gasteiger partial charge in [-0.3, -0.25) is 4.79 Å². The first-order valence-electron chi connectivity index (χ1n) is 9.06. The Bertz CT molecular complexity index is 819. The van der Waals surface area contributed by atoms with E-state index < -0.39 is 0 Å². The highest BCUT2D eigenvalue weighted by Gasteiger charge is 2.22. The molecule has 1 aromatic heterocycles. The van der Waals surface area contributed by atoms with Gasteiger partial charge in [0.1, 0.15) is 5.75 Å². The number of hydrogen-bond donors (Lipinski definition) is 1. The minimum absolute atomic E-state index is 0.288. The van der Waals surface area contributed by atoms with Crippen molar-refractivity contribution < 1.29 is 19.1 Å². The Balaban J connectivity index is 1.56. The van der Waals surface area contributed by atoms with Crippen LogP contribution in [0, 0.1) is 0 Å². The number of methoxy groups -OCH3 is 1. The predicted octanol–water partition coefficient (Wildman–Crippen LogP) is 2.02. The Hall–Kier alpha value is -3.36. The number of hydrogen-bond acceptors (Lipinski definition) is 7. The fourth-order valence-electron chi connectivity index (χ4n) is 2.85. The van der Waals surface area contributed by atoms with E-state index in [1.807, 2.05) is 4.90 Å². The zero-order valence-electron chi connectivity index (χ0n) is 15.9. The van der Waals surface area contributed by atoms with Gasteiger partial charge in [0, 0.05) is 31.7 Å². The second kappa shape index (κ2) is 9.03. The van der Waals surface area contributed by atoms with E-state index in [-0.39, 0.29) is 12.0 Å². The van der Waals surface area contributed by atoms with Gasteiger partial charge in [-0.1, -0.05) is 6.07 Å². The first-order chi connectivity index (χ1) is 13.6. The third-order valence-electron chi connectivity index (χ3n) is 4.35. The summed E-state index contributed by atoms with van der Waals surface area (Å²) >= 11 is 0. The van der Waals surface area contributed by atoms with Gasteiger partial charge in [-0.05, 0) is 37.3 Å². The molecule has 1 aliphatic heterocycles. The van der Waals surface area contributed by atoms with Gasteiger partial charge in [-0.15, -0.1) is 10.2 Å². The van der Waals surface area contributed by atoms with Crippen LogP contribution in [-0.4, -0.2) is 67.0 Å². The molecular formula is C19H23N5O4. The number of carbonyl (C=O) groups excluding carboxylic acids is 2. The van der Waals surface area contributed by atoms with E-state index in [9.17, 15) is 9.59 Å². The number of anilines is 2. The molecule has 1 aromatic carbocycles. The number of rotatable bonds is 5. The lowest BCUT2D eigenvalue weighted by atomic mass is 10.2. The lowest BCUT2D eigenvalue weighted by molar-refractivity contribution is 0.102. The van der Waals surface area contributed by atoms with Crippen molar-refractivity contribution in [2.24, 2.45) is 0 Å². The summed E-state index contributed by atoms with van der Waals surface area (Å²) in [5, 5.41) is 11.0. The Morgan fingerprint density at radius 1 is 1.11 bits per heavy atom. The molecule has 0 saturated carbocycles. The second-order valence-corrected chi connectivity index (χ2v) is 6.14. The molecule has 0 spiro atoms. The van der Waals surface area contributed by atoms with E-state index in [1.165, 1.54) is 0 Å². The molecule has 9 nitrogen and oxygen atoms in total. The first kappa shape index (κ1) is 19.4. The number of nitrogens with one attached hydrogen (secondary N) is 1. The van der Waals surface area contributed by atoms with Gasteiger partial charge >= 0.3 is 6.09 Å². The highest BCUT2D eigenvalue weighted by atomic mass is 16.6. The predicted molar refractivity (Wildman–Crippen MR) is 104 cm³/mol. The topological polar surface area (TPSA) is 96.9 Å². The average Bonchev–Trinajstić information content (AvgIpc) is 2.74. The van der Waals surface area contributed by atoms with Crippen molar-refractivity contribution in [1.29, 1.82) is 0 Å². The molecular weight excluding hydrogens is 362 g/mol. The molecule has 1 fully saturated rings. The lowest BCUT2D eigenvalue weighted by Gasteiger charge is -2.34. The molecule has 1 saturated heterocycles. The molecule has 0 unspecified atom stereocenters. The maximum Gasteiger partial charge on any atom is 0.409 e. The summed E-state index contributed by atoms with van der Waals surface area (Å²) in [6.45, 7) is 4.57. The molecule has 0 atom stereocenters. The Morgan fingerprint density at radius 3 is 2.54 bits per heavy atom. The van der Waals surface area contributed by atoms with Crippen molar-refractivity contribution >= 4 is 23.6 Å². The van der Waals surface area contributed by atoms with Crippen molar-refractivity contribution in [3.05, 3.63) is 42.0 Å². The smallest absolute Gasteiger partial charge is 0.409 e. The second-order valence-electron chi connectivity index (χ2n) is 6.14. The van der Waals surface area contributed by atoms with Gasteiger partial charge in [0.2, 0.25) is 0 Å². The van der Waals surface area contributed by atoms with Crippen molar-refractivity contribution in [3.63, 3.8) is 0 Å². The molecule has 1 aliphatic rings. The van der Waals surface area contributed by atoms with E-state index >= 15 is 0 Å². The van der Waals surface area contributed by atoms with Gasteiger partial charge in [-0.25, -0.2) is 4.79 Å². The SMILES string of the molecule is CCOC(=O)N1CCN(c2ccc(NC(=O)c3cccc(OC)c3)nn2)CC1. The van der Waals surface area contributed by atoms with Crippen molar-refractivity contribution in [2.45, 2.75) is 6.92 Å². The molecule has 1 N–H and O–H groups in total. The number of nitrogens with zero attached hydrogens (tertiary/aromatic N) is 4. The van der Waals surface area contributed by atoms with Crippen LogP contribution >= 0.6 is 0 Å². The Kier molecular flexibility index (Phi) is 6.25. The number of ether oxygens (including phenoxy) is 2. The van der Waals surface area contributed by atoms with Crippen molar-refractivity contribution in [2.75, 3.05) is 50.1 Å². The quantitative estimate of drug-likeness (QED) is 0.841. The lowest BCUT2D eigenvalue weighted by Crippen LogP contribution is -2.49. The summed E-state index contributed by atoms with van der Waals surface area (Å²) < 4.78 is 10.1. The summed E-state index contributed by atoms with van der Waals surface area (Å²) in [6, 6.07) is 10.4. The molecule has 9 heteroatoms. The van der Waals surface area contributed by atoms with Crippen LogP contribution in [0.3, 0.4) is 0 Å². The van der Waals surface area contributed by atoms with Crippen LogP contribution in [0.5, 0.6) is 5.75 Å². The van der Waals surface area contributed by atoms with Crippen LogP contribution in [0.25, 0.3) is 0 Å². The van der Waals surface area contributed by atoms with Gasteiger partial charge in [0.05, 0.1) is 13.7 Å². The fourth-order valence-corrected chi connectivity index (χ4v) is 2.85. The van der Waals surface area contributed by atoms with Gasteiger partial charge in [0.25, 0.3) is 5.91 Å². The van der Waals surface area contributed by atoms with Crippen LogP contribution in [-0.2, 0) is 4.74 Å². The van der Waals surface area contributed by atoms with Crippen LogP contribution < -0.4 is 15.0 Å². The highest BCUT2D eigenvalue weighted by molar-refractivity contribution is 6.03. The Labute approximate surface area is 163 Å². The molecule has 0 bridgehead atoms. The standard InChI is InChI=1S/C19H23N5O4/c1-3-28-19(26)24-11-9-23(10-12-24)17-8-7-16(21-22-17)20-18(25)14-5-4-6-15(13-14)27-2/h4-8,13H,3,9-12H2,1-2H3,(H,20,21,25). The first-order valence-corrected chi connectivity index (χ1v) is 9.06. The third kappa shape index (κ3) is 4.67. The van der Waals surface area contributed by atoms with Crippen molar-refractivity contribution in [1.82, 2.24) is 15.1 Å². The number of benzene rings is 1. The zero-order valence-corrected chi connectivity index (χ0v) is 15.9. The van der Waals surface area contributed by atoms with Crippen LogP contribution in [0.2, 0.25) is 0 Å². The van der Waals surface area contributed by atoms with Crippen LogP contribution in [0.1, 0.15) is 17.3 Å².